The standard InChI is InChI=1S/C31H62O8/c1-3-5-6-7-8-9-10-11-12-13-14-15-16-18-33-19-20-34-21-22-35-23-24-36-25-26-37-27-28-38-29-30-39-31(32)17-4-2/h3-30H2,1-2H3. The molecule has 0 fully saturated rings. The molecule has 0 saturated carbocycles. The third kappa shape index (κ3) is 35.2. The highest BCUT2D eigenvalue weighted by Crippen LogP contribution is 2.12. The van der Waals surface area contributed by atoms with Gasteiger partial charge in [-0.25, -0.2) is 0 Å². The molecule has 0 spiro atoms. The van der Waals surface area contributed by atoms with Gasteiger partial charge in [-0.1, -0.05) is 90.9 Å². The zero-order chi connectivity index (χ0) is 28.3. The van der Waals surface area contributed by atoms with E-state index in [4.69, 9.17) is 33.2 Å². The fourth-order valence-corrected chi connectivity index (χ4v) is 3.91. The summed E-state index contributed by atoms with van der Waals surface area (Å²) in [6.07, 6.45) is 19.1. The predicted octanol–water partition coefficient (Wildman–Crippen LogP) is 6.52. The fourth-order valence-electron chi connectivity index (χ4n) is 3.91. The summed E-state index contributed by atoms with van der Waals surface area (Å²) in [7, 11) is 0. The minimum atomic E-state index is -0.175. The molecule has 0 aromatic rings. The van der Waals surface area contributed by atoms with Gasteiger partial charge in [0.1, 0.15) is 6.61 Å². The summed E-state index contributed by atoms with van der Waals surface area (Å²) in [6.45, 7) is 11.2. The number of hydrogen-bond acceptors (Lipinski definition) is 8. The summed E-state index contributed by atoms with van der Waals surface area (Å²) >= 11 is 0. The number of ether oxygens (including phenoxy) is 7. The van der Waals surface area contributed by atoms with Gasteiger partial charge in [0.25, 0.3) is 0 Å². The summed E-state index contributed by atoms with van der Waals surface area (Å²) in [5, 5.41) is 0. The van der Waals surface area contributed by atoms with E-state index >= 15 is 0 Å². The van der Waals surface area contributed by atoms with E-state index in [1.807, 2.05) is 6.92 Å². The fraction of sp³-hybridized carbons (Fsp3) is 0.968. The van der Waals surface area contributed by atoms with E-state index in [0.717, 1.165) is 19.4 Å². The summed E-state index contributed by atoms with van der Waals surface area (Å²) in [5.41, 5.74) is 0. The number of carbonyl (C=O) groups is 1. The van der Waals surface area contributed by atoms with Crippen LogP contribution in [0.25, 0.3) is 0 Å². The molecule has 8 nitrogen and oxygen atoms in total. The Kier molecular flexibility index (Phi) is 34.6. The van der Waals surface area contributed by atoms with Crippen LogP contribution in [0, 0.1) is 0 Å². The normalized spacial score (nSPS) is 11.3. The molecule has 0 aliphatic rings. The maximum Gasteiger partial charge on any atom is 0.305 e. The molecule has 0 aromatic heterocycles. The molecule has 0 aromatic carbocycles. The van der Waals surface area contributed by atoms with Gasteiger partial charge in [0, 0.05) is 13.0 Å². The molecular weight excluding hydrogens is 500 g/mol. The van der Waals surface area contributed by atoms with Crippen LogP contribution in [-0.2, 0) is 38.0 Å². The molecule has 0 heterocycles. The Morgan fingerprint density at radius 2 is 0.667 bits per heavy atom. The highest BCUT2D eigenvalue weighted by atomic mass is 16.6. The zero-order valence-electron chi connectivity index (χ0n) is 25.6. The first kappa shape index (κ1) is 38.2. The predicted molar refractivity (Wildman–Crippen MR) is 156 cm³/mol. The Morgan fingerprint density at radius 1 is 0.359 bits per heavy atom. The van der Waals surface area contributed by atoms with Crippen LogP contribution in [0.2, 0.25) is 0 Å². The van der Waals surface area contributed by atoms with Crippen molar-refractivity contribution < 1.29 is 38.0 Å². The Balaban J connectivity index is 3.04. The molecule has 0 N–H and O–H groups in total. The second-order valence-corrected chi connectivity index (χ2v) is 9.89. The lowest BCUT2D eigenvalue weighted by Crippen LogP contribution is -2.15. The SMILES string of the molecule is CCCCCCCCCCCCCCCOCCOCCOCCOCCOCCOCCOC(=O)CCC. The highest BCUT2D eigenvalue weighted by molar-refractivity contribution is 5.69. The van der Waals surface area contributed by atoms with Crippen molar-refractivity contribution in [1.29, 1.82) is 0 Å². The molecule has 0 bridgehead atoms. The number of carbonyl (C=O) groups excluding carboxylic acids is 1. The van der Waals surface area contributed by atoms with E-state index in [1.54, 1.807) is 0 Å². The first-order valence-corrected chi connectivity index (χ1v) is 15.9. The Bertz CT molecular complexity index is 464. The van der Waals surface area contributed by atoms with Crippen LogP contribution < -0.4 is 0 Å². The molecule has 234 valence electrons. The van der Waals surface area contributed by atoms with Gasteiger partial charge < -0.3 is 33.2 Å². The maximum atomic E-state index is 11.2. The molecule has 39 heavy (non-hydrogen) atoms. The summed E-state index contributed by atoms with van der Waals surface area (Å²) in [5.74, 6) is -0.175. The van der Waals surface area contributed by atoms with E-state index in [1.165, 1.54) is 77.0 Å². The van der Waals surface area contributed by atoms with E-state index in [2.05, 4.69) is 6.92 Å². The molecule has 0 rings (SSSR count). The quantitative estimate of drug-likeness (QED) is 0.0648. The van der Waals surface area contributed by atoms with Crippen LogP contribution in [0.3, 0.4) is 0 Å². The Labute approximate surface area is 240 Å². The van der Waals surface area contributed by atoms with Crippen molar-refractivity contribution in [2.75, 3.05) is 85.9 Å². The van der Waals surface area contributed by atoms with Crippen molar-refractivity contribution in [1.82, 2.24) is 0 Å². The van der Waals surface area contributed by atoms with Crippen molar-refractivity contribution in [3.05, 3.63) is 0 Å². The topological polar surface area (TPSA) is 81.7 Å². The molecule has 0 saturated heterocycles. The molecular formula is C31H62O8. The van der Waals surface area contributed by atoms with Crippen molar-refractivity contribution in [3.8, 4) is 0 Å². The lowest BCUT2D eigenvalue weighted by atomic mass is 10.0. The molecule has 0 atom stereocenters. The third-order valence-electron chi connectivity index (χ3n) is 6.20. The highest BCUT2D eigenvalue weighted by Gasteiger charge is 2.00. The van der Waals surface area contributed by atoms with Gasteiger partial charge in [-0.2, -0.15) is 0 Å². The van der Waals surface area contributed by atoms with Crippen LogP contribution in [0.15, 0.2) is 0 Å². The summed E-state index contributed by atoms with van der Waals surface area (Å²) < 4.78 is 37.9. The lowest BCUT2D eigenvalue weighted by Gasteiger charge is -2.08. The molecule has 0 aliphatic carbocycles. The van der Waals surface area contributed by atoms with Gasteiger partial charge in [-0.3, -0.25) is 4.79 Å². The van der Waals surface area contributed by atoms with E-state index in [0.29, 0.717) is 85.7 Å². The van der Waals surface area contributed by atoms with Crippen LogP contribution in [-0.4, -0.2) is 91.9 Å². The van der Waals surface area contributed by atoms with Gasteiger partial charge in [0.2, 0.25) is 0 Å². The van der Waals surface area contributed by atoms with Crippen molar-refractivity contribution >= 4 is 5.97 Å². The Morgan fingerprint density at radius 3 is 1.03 bits per heavy atom. The second-order valence-electron chi connectivity index (χ2n) is 9.89. The van der Waals surface area contributed by atoms with E-state index in [-0.39, 0.29) is 5.97 Å². The van der Waals surface area contributed by atoms with Crippen molar-refractivity contribution in [3.63, 3.8) is 0 Å². The largest absolute Gasteiger partial charge is 0.463 e. The number of unbranched alkanes of at least 4 members (excludes halogenated alkanes) is 12. The molecule has 0 unspecified atom stereocenters. The first-order chi connectivity index (χ1) is 19.3. The van der Waals surface area contributed by atoms with Crippen molar-refractivity contribution in [2.45, 2.75) is 110 Å². The van der Waals surface area contributed by atoms with Gasteiger partial charge >= 0.3 is 5.97 Å². The first-order valence-electron chi connectivity index (χ1n) is 15.9. The van der Waals surface area contributed by atoms with Gasteiger partial charge in [0.05, 0.1) is 72.7 Å². The van der Waals surface area contributed by atoms with Crippen LogP contribution >= 0.6 is 0 Å². The number of hydrogen-bond donors (Lipinski definition) is 0. The van der Waals surface area contributed by atoms with Crippen LogP contribution in [0.4, 0.5) is 0 Å². The average molecular weight is 563 g/mol. The minimum absolute atomic E-state index is 0.175. The number of esters is 1. The molecule has 0 aliphatic heterocycles. The van der Waals surface area contributed by atoms with Gasteiger partial charge in [0.15, 0.2) is 0 Å². The summed E-state index contributed by atoms with van der Waals surface area (Å²) in [6, 6.07) is 0. The van der Waals surface area contributed by atoms with Crippen molar-refractivity contribution in [2.24, 2.45) is 0 Å². The molecule has 0 amide bonds. The number of rotatable bonds is 34. The molecule has 0 radical (unpaired) electrons. The van der Waals surface area contributed by atoms with Gasteiger partial charge in [-0.15, -0.1) is 0 Å². The smallest absolute Gasteiger partial charge is 0.305 e. The zero-order valence-corrected chi connectivity index (χ0v) is 25.6. The van der Waals surface area contributed by atoms with E-state index < -0.39 is 0 Å². The maximum absolute atomic E-state index is 11.2. The van der Waals surface area contributed by atoms with Crippen LogP contribution in [0.1, 0.15) is 110 Å². The van der Waals surface area contributed by atoms with E-state index in [9.17, 15) is 4.79 Å². The molecule has 8 heteroatoms. The summed E-state index contributed by atoms with van der Waals surface area (Å²) in [4.78, 5) is 11.2. The minimum Gasteiger partial charge on any atom is -0.463 e. The monoisotopic (exact) mass is 562 g/mol. The Hall–Kier alpha value is -0.770. The van der Waals surface area contributed by atoms with Crippen LogP contribution in [0.5, 0.6) is 0 Å². The lowest BCUT2D eigenvalue weighted by molar-refractivity contribution is -0.145. The average Bonchev–Trinajstić information content (AvgIpc) is 2.94. The third-order valence-corrected chi connectivity index (χ3v) is 6.20. The van der Waals surface area contributed by atoms with Gasteiger partial charge in [-0.05, 0) is 12.8 Å². The second kappa shape index (κ2) is 35.3.